The van der Waals surface area contributed by atoms with Gasteiger partial charge in [0.15, 0.2) is 0 Å². The van der Waals surface area contributed by atoms with Gasteiger partial charge in [0.25, 0.3) is 0 Å². The van der Waals surface area contributed by atoms with E-state index in [4.69, 9.17) is 14.9 Å². The van der Waals surface area contributed by atoms with Crippen LogP contribution in [0.3, 0.4) is 0 Å². The predicted octanol–water partition coefficient (Wildman–Crippen LogP) is -2.08. The molecule has 0 saturated heterocycles. The zero-order chi connectivity index (χ0) is 14.1. The number of nitrogens with two attached hydrogens (primary N) is 1. The number of urea groups is 1. The van der Waals surface area contributed by atoms with Crippen LogP contribution in [-0.2, 0) is 19.9 Å². The highest BCUT2D eigenvalue weighted by atomic mass is 32.2. The van der Waals surface area contributed by atoms with Crippen LogP contribution < -0.4 is 11.1 Å². The second kappa shape index (κ2) is 8.78. The van der Waals surface area contributed by atoms with Crippen LogP contribution in [0.5, 0.6) is 0 Å². The molecule has 100 valence electrons. The smallest absolute Gasteiger partial charge is 0.353 e. The third kappa shape index (κ3) is 25.2. The Labute approximate surface area is 96.5 Å². The van der Waals surface area contributed by atoms with Gasteiger partial charge in [-0.2, -0.15) is 8.42 Å². The van der Waals surface area contributed by atoms with Crippen molar-refractivity contribution in [1.82, 2.24) is 5.32 Å². The van der Waals surface area contributed by atoms with Crippen LogP contribution in [0.1, 0.15) is 0 Å². The maximum atomic E-state index is 10.1. The van der Waals surface area contributed by atoms with Gasteiger partial charge in [-0.1, -0.05) is 4.36 Å². The van der Waals surface area contributed by atoms with Gasteiger partial charge in [-0.3, -0.25) is 14.7 Å². The fraction of sp³-hybridized carbons (Fsp3) is 0.500. The van der Waals surface area contributed by atoms with Crippen LogP contribution in [0.4, 0.5) is 4.79 Å². The molecular formula is C4H10N3O8PS. The summed E-state index contributed by atoms with van der Waals surface area (Å²) in [5.41, 5.74) is 4.29. The number of hydrogen-bond acceptors (Lipinski definition) is 6. The van der Waals surface area contributed by atoms with E-state index in [1.165, 1.54) is 0 Å². The Morgan fingerprint density at radius 1 is 1.35 bits per heavy atom. The Morgan fingerprint density at radius 2 is 1.82 bits per heavy atom. The van der Waals surface area contributed by atoms with Crippen molar-refractivity contribution in [3.8, 4) is 0 Å². The third-order valence-electron chi connectivity index (χ3n) is 0.759. The molecule has 6 N–H and O–H groups in total. The van der Waals surface area contributed by atoms with E-state index in [0.717, 1.165) is 0 Å². The first-order valence-corrected chi connectivity index (χ1v) is 6.45. The molecule has 0 unspecified atom stereocenters. The van der Waals surface area contributed by atoms with Gasteiger partial charge in [0.1, 0.15) is 0 Å². The Kier molecular flexibility index (Phi) is 9.32. The fourth-order valence-corrected chi connectivity index (χ4v) is 0.932. The maximum Gasteiger partial charge on any atom is 0.353 e. The van der Waals surface area contributed by atoms with Crippen LogP contribution in [0.25, 0.3) is 0 Å². The number of primary amides is 1. The van der Waals surface area contributed by atoms with Crippen molar-refractivity contribution >= 4 is 30.1 Å². The first-order chi connectivity index (χ1) is 7.54. The summed E-state index contributed by atoms with van der Waals surface area (Å²) in [5.74, 6) is -1.14. The minimum atomic E-state index is -4.10. The van der Waals surface area contributed by atoms with Crippen molar-refractivity contribution in [3.63, 3.8) is 0 Å². The second-order valence-corrected chi connectivity index (χ2v) is 4.55. The van der Waals surface area contributed by atoms with Gasteiger partial charge in [-0.15, -0.1) is 0 Å². The number of nitrogens with zero attached hydrogens (tertiary/aromatic N) is 1. The molecule has 0 heterocycles. The summed E-state index contributed by atoms with van der Waals surface area (Å²) in [6, 6.07) is -1.20. The number of carbonyl (C=O) groups excluding carboxylic acids is 1. The number of hydrogen-bond donors (Lipinski definition) is 5. The van der Waals surface area contributed by atoms with Crippen molar-refractivity contribution in [2.75, 3.05) is 12.8 Å². The van der Waals surface area contributed by atoms with Crippen LogP contribution in [0.15, 0.2) is 4.36 Å². The fourth-order valence-electron chi connectivity index (χ4n) is 0.382. The highest BCUT2D eigenvalue weighted by Crippen LogP contribution is 2.31. The number of nitrogens with one attached hydrogen (secondary N) is 1. The summed E-state index contributed by atoms with van der Waals surface area (Å²) in [5, 5.41) is 10.1. The lowest BCUT2D eigenvalue weighted by atomic mass is 10.7. The van der Waals surface area contributed by atoms with E-state index in [1.54, 1.807) is 0 Å². The van der Waals surface area contributed by atoms with E-state index in [1.807, 2.05) is 0 Å². The molecule has 0 aliphatic heterocycles. The number of amides is 2. The molecule has 0 fully saturated rings. The molecule has 13 heteroatoms. The molecule has 0 saturated carbocycles. The minimum absolute atomic E-state index is 0.439. The molecule has 0 bridgehead atoms. The van der Waals surface area contributed by atoms with Crippen LogP contribution in [-0.4, -0.2) is 48.1 Å². The monoisotopic (exact) mass is 291 g/mol. The Hall–Kier alpha value is -1.33. The van der Waals surface area contributed by atoms with Gasteiger partial charge in [0.05, 0.1) is 12.8 Å². The number of rotatable bonds is 4. The quantitative estimate of drug-likeness (QED) is 0.361. The molecule has 2 amide bonds. The molecule has 0 aromatic rings. The number of carboxylic acids is 1. The zero-order valence-corrected chi connectivity index (χ0v) is 9.89. The summed E-state index contributed by atoms with van der Waals surface area (Å²) in [4.78, 5) is 35.6. The van der Waals surface area contributed by atoms with Gasteiger partial charge in [-0.05, 0) is 0 Å². The molecular weight excluding hydrogens is 281 g/mol. The number of carboxylic acid groups (broad SMARTS) is 1. The summed E-state index contributed by atoms with van der Waals surface area (Å²) >= 11 is 0. The average molecular weight is 291 g/mol. The normalized spacial score (nSPS) is 9.76. The lowest BCUT2D eigenvalue weighted by Crippen LogP contribution is -2.23. The van der Waals surface area contributed by atoms with Gasteiger partial charge in [0, 0.05) is 0 Å². The molecule has 0 aliphatic rings. The highest BCUT2D eigenvalue weighted by Gasteiger charge is 2.11. The van der Waals surface area contributed by atoms with Crippen LogP contribution in [0, 0.1) is 0 Å². The SMILES string of the molecule is NC(=O)N=S(=O)=O.O=C(O)CNCP(=O)(O)O. The summed E-state index contributed by atoms with van der Waals surface area (Å²) in [6.07, 6.45) is -0.598. The van der Waals surface area contributed by atoms with E-state index >= 15 is 0 Å². The molecule has 0 radical (unpaired) electrons. The zero-order valence-electron chi connectivity index (χ0n) is 8.18. The average Bonchev–Trinajstić information content (AvgIpc) is 1.97. The molecule has 0 atom stereocenters. The molecule has 0 rings (SSSR count). The summed E-state index contributed by atoms with van der Waals surface area (Å²) < 4.78 is 31.1. The van der Waals surface area contributed by atoms with E-state index < -0.39 is 42.9 Å². The van der Waals surface area contributed by atoms with Crippen LogP contribution in [0.2, 0.25) is 0 Å². The lowest BCUT2D eigenvalue weighted by Gasteiger charge is -2.02. The second-order valence-electron chi connectivity index (χ2n) is 2.29. The number of aliphatic carboxylic acids is 1. The minimum Gasteiger partial charge on any atom is -0.480 e. The predicted molar refractivity (Wildman–Crippen MR) is 53.5 cm³/mol. The molecule has 11 nitrogen and oxygen atoms in total. The van der Waals surface area contributed by atoms with Crippen molar-refractivity contribution in [2.45, 2.75) is 0 Å². The van der Waals surface area contributed by atoms with Gasteiger partial charge >= 0.3 is 30.1 Å². The van der Waals surface area contributed by atoms with Crippen molar-refractivity contribution < 1.29 is 37.5 Å². The highest BCUT2D eigenvalue weighted by molar-refractivity contribution is 7.62. The van der Waals surface area contributed by atoms with E-state index in [0.29, 0.717) is 0 Å². The third-order valence-corrected chi connectivity index (χ3v) is 1.72. The topological polar surface area (TPSA) is 196 Å². The van der Waals surface area contributed by atoms with Gasteiger partial charge in [0.2, 0.25) is 0 Å². The lowest BCUT2D eigenvalue weighted by molar-refractivity contribution is -0.135. The van der Waals surface area contributed by atoms with E-state index in [-0.39, 0.29) is 0 Å². The Balaban J connectivity index is 0. The Bertz CT molecular complexity index is 430. The van der Waals surface area contributed by atoms with Crippen LogP contribution >= 0.6 is 7.60 Å². The first-order valence-electron chi connectivity index (χ1n) is 3.62. The van der Waals surface area contributed by atoms with Crippen molar-refractivity contribution in [2.24, 2.45) is 10.1 Å². The van der Waals surface area contributed by atoms with E-state index in [9.17, 15) is 22.6 Å². The molecule has 0 aromatic carbocycles. The van der Waals surface area contributed by atoms with Crippen molar-refractivity contribution in [1.29, 1.82) is 0 Å². The number of carbonyl (C=O) groups is 2. The molecule has 0 aromatic heterocycles. The molecule has 17 heavy (non-hydrogen) atoms. The molecule has 0 spiro atoms. The summed E-state index contributed by atoms with van der Waals surface area (Å²) in [6.45, 7) is -0.439. The van der Waals surface area contributed by atoms with Gasteiger partial charge < -0.3 is 20.6 Å². The summed E-state index contributed by atoms with van der Waals surface area (Å²) in [7, 11) is -6.79. The van der Waals surface area contributed by atoms with E-state index in [2.05, 4.69) is 15.4 Å². The molecule has 0 aliphatic carbocycles. The maximum absolute atomic E-state index is 10.1. The Morgan fingerprint density at radius 3 is 2.00 bits per heavy atom. The first kappa shape index (κ1) is 18.0. The van der Waals surface area contributed by atoms with Crippen molar-refractivity contribution in [3.05, 3.63) is 0 Å². The largest absolute Gasteiger partial charge is 0.480 e. The van der Waals surface area contributed by atoms with Gasteiger partial charge in [-0.25, -0.2) is 4.79 Å². The standard InChI is InChI=1S/C3H8NO5P.CH2N2O3S/c5-3(6)1-4-2-10(7,8)9;2-1(4)3-7(5)6/h4H,1-2H2,(H,5,6)(H2,7,8,9);(H2,2,4).